The number of hydrogen-bond acceptors (Lipinski definition) is 4. The molecule has 1 heterocycles. The Balaban J connectivity index is 2.15. The Morgan fingerprint density at radius 3 is 2.78 bits per heavy atom. The van der Waals surface area contributed by atoms with Crippen molar-refractivity contribution >= 4 is 23.3 Å². The van der Waals surface area contributed by atoms with Gasteiger partial charge in [0.25, 0.3) is 5.91 Å². The monoisotopic (exact) mass is 268 g/mol. The quantitative estimate of drug-likeness (QED) is 0.444. The van der Waals surface area contributed by atoms with E-state index < -0.39 is 0 Å². The highest BCUT2D eigenvalue weighted by atomic mass is 35.5. The number of carbonyl (C=O) groups excluding carboxylic acids is 1. The number of anilines is 1. The van der Waals surface area contributed by atoms with E-state index in [0.717, 1.165) is 19.3 Å². The van der Waals surface area contributed by atoms with E-state index in [4.69, 9.17) is 17.4 Å². The summed E-state index contributed by atoms with van der Waals surface area (Å²) >= 11 is 5.84. The number of hydrogen-bond donors (Lipinski definition) is 3. The van der Waals surface area contributed by atoms with Crippen LogP contribution in [0.2, 0.25) is 5.15 Å². The molecular weight excluding hydrogens is 252 g/mol. The van der Waals surface area contributed by atoms with Gasteiger partial charge in [-0.3, -0.25) is 4.79 Å². The minimum Gasteiger partial charge on any atom is -0.347 e. The van der Waals surface area contributed by atoms with Crippen molar-refractivity contribution in [2.45, 2.75) is 38.1 Å². The topological polar surface area (TPSA) is 80.0 Å². The number of amides is 1. The van der Waals surface area contributed by atoms with Crippen LogP contribution in [0.25, 0.3) is 0 Å². The number of nitrogens with two attached hydrogens (primary N) is 1. The third-order valence-corrected chi connectivity index (χ3v) is 3.76. The van der Waals surface area contributed by atoms with Crippen molar-refractivity contribution in [2.75, 3.05) is 5.43 Å². The van der Waals surface area contributed by atoms with Crippen molar-refractivity contribution in [3.63, 3.8) is 0 Å². The van der Waals surface area contributed by atoms with Crippen LogP contribution in [0, 0.1) is 0 Å². The van der Waals surface area contributed by atoms with Gasteiger partial charge in [0.2, 0.25) is 0 Å². The lowest BCUT2D eigenvalue weighted by Gasteiger charge is -2.42. The Labute approximate surface area is 111 Å². The summed E-state index contributed by atoms with van der Waals surface area (Å²) < 4.78 is 0. The van der Waals surface area contributed by atoms with Crippen molar-refractivity contribution in [3.8, 4) is 0 Å². The molecule has 1 aromatic heterocycles. The maximum atomic E-state index is 12.2. The molecule has 1 aliphatic rings. The molecule has 1 aromatic rings. The molecule has 18 heavy (non-hydrogen) atoms. The Morgan fingerprint density at radius 1 is 1.56 bits per heavy atom. The highest BCUT2D eigenvalue weighted by Gasteiger charge is 2.36. The average molecular weight is 269 g/mol. The number of carbonyl (C=O) groups is 1. The van der Waals surface area contributed by atoms with Crippen molar-refractivity contribution in [3.05, 3.63) is 22.8 Å². The average Bonchev–Trinajstić information content (AvgIpc) is 2.32. The van der Waals surface area contributed by atoms with E-state index in [1.807, 2.05) is 0 Å². The first-order chi connectivity index (χ1) is 8.58. The summed E-state index contributed by atoms with van der Waals surface area (Å²) in [5.41, 5.74) is 2.83. The second-order valence-corrected chi connectivity index (χ2v) is 5.04. The van der Waals surface area contributed by atoms with Crippen LogP contribution in [-0.2, 0) is 0 Å². The number of hydrazine groups is 1. The molecule has 6 heteroatoms. The van der Waals surface area contributed by atoms with Crippen LogP contribution in [-0.4, -0.2) is 16.4 Å². The fourth-order valence-corrected chi connectivity index (χ4v) is 2.39. The number of halogens is 1. The zero-order valence-corrected chi connectivity index (χ0v) is 11.0. The van der Waals surface area contributed by atoms with Crippen molar-refractivity contribution in [1.29, 1.82) is 0 Å². The van der Waals surface area contributed by atoms with Gasteiger partial charge in [-0.2, -0.15) is 0 Å². The van der Waals surface area contributed by atoms with Crippen LogP contribution < -0.4 is 16.6 Å². The predicted octanol–water partition coefficient (Wildman–Crippen LogP) is 2.08. The highest BCUT2D eigenvalue weighted by molar-refractivity contribution is 6.29. The van der Waals surface area contributed by atoms with E-state index in [0.29, 0.717) is 11.4 Å². The number of aromatic nitrogens is 1. The molecule has 0 saturated heterocycles. The summed E-state index contributed by atoms with van der Waals surface area (Å²) in [5, 5.41) is 3.33. The van der Waals surface area contributed by atoms with E-state index in [9.17, 15) is 4.79 Å². The molecular formula is C12H17ClN4O. The van der Waals surface area contributed by atoms with Gasteiger partial charge in [-0.15, -0.1) is 0 Å². The number of rotatable bonds is 4. The Kier molecular flexibility index (Phi) is 3.73. The zero-order valence-electron chi connectivity index (χ0n) is 10.3. The summed E-state index contributed by atoms with van der Waals surface area (Å²) in [6.45, 7) is 2.09. The largest absolute Gasteiger partial charge is 0.347 e. The lowest BCUT2D eigenvalue weighted by molar-refractivity contribution is 0.0820. The molecule has 0 bridgehead atoms. The van der Waals surface area contributed by atoms with Crippen LogP contribution >= 0.6 is 11.6 Å². The normalized spacial score (nSPS) is 16.8. The third kappa shape index (κ3) is 2.57. The molecule has 1 saturated carbocycles. The lowest BCUT2D eigenvalue weighted by Crippen LogP contribution is -2.53. The molecule has 0 unspecified atom stereocenters. The summed E-state index contributed by atoms with van der Waals surface area (Å²) in [6, 6.07) is 3.13. The smallest absolute Gasteiger partial charge is 0.251 e. The molecule has 2 rings (SSSR count). The van der Waals surface area contributed by atoms with Gasteiger partial charge in [0.05, 0.1) is 0 Å². The van der Waals surface area contributed by atoms with Gasteiger partial charge in [0, 0.05) is 11.1 Å². The number of nitrogens with one attached hydrogen (secondary N) is 2. The first-order valence-electron chi connectivity index (χ1n) is 6.05. The van der Waals surface area contributed by atoms with Gasteiger partial charge >= 0.3 is 0 Å². The number of nitrogen functional groups attached to an aromatic ring is 1. The fourth-order valence-electron chi connectivity index (χ4n) is 2.19. The molecule has 0 spiro atoms. The fraction of sp³-hybridized carbons (Fsp3) is 0.500. The van der Waals surface area contributed by atoms with Crippen LogP contribution in [0.1, 0.15) is 43.0 Å². The van der Waals surface area contributed by atoms with Crippen molar-refractivity contribution < 1.29 is 4.79 Å². The SMILES string of the molecule is CCC1(NC(=O)c2cc(Cl)nc(NN)c2)CCC1. The molecule has 98 valence electrons. The Bertz CT molecular complexity index is 454. The summed E-state index contributed by atoms with van der Waals surface area (Å²) in [7, 11) is 0. The van der Waals surface area contributed by atoms with Crippen molar-refractivity contribution in [2.24, 2.45) is 5.84 Å². The maximum absolute atomic E-state index is 12.2. The van der Waals surface area contributed by atoms with Crippen LogP contribution in [0.15, 0.2) is 12.1 Å². The lowest BCUT2D eigenvalue weighted by atomic mass is 9.74. The molecule has 0 aromatic carbocycles. The highest BCUT2D eigenvalue weighted by Crippen LogP contribution is 2.34. The minimum atomic E-state index is -0.127. The van der Waals surface area contributed by atoms with Gasteiger partial charge in [0.15, 0.2) is 0 Å². The molecule has 1 amide bonds. The zero-order chi connectivity index (χ0) is 13.2. The van der Waals surface area contributed by atoms with E-state index in [1.54, 1.807) is 12.1 Å². The van der Waals surface area contributed by atoms with E-state index >= 15 is 0 Å². The molecule has 0 atom stereocenters. The predicted molar refractivity (Wildman–Crippen MR) is 71.4 cm³/mol. The maximum Gasteiger partial charge on any atom is 0.251 e. The van der Waals surface area contributed by atoms with E-state index in [2.05, 4.69) is 22.7 Å². The molecule has 1 fully saturated rings. The number of nitrogens with zero attached hydrogens (tertiary/aromatic N) is 1. The van der Waals surface area contributed by atoms with Gasteiger partial charge in [-0.1, -0.05) is 18.5 Å². The standard InChI is InChI=1S/C12H17ClN4O/c1-2-12(4-3-5-12)16-11(18)8-6-9(13)15-10(7-8)17-14/h6-7H,2-5,14H2,1H3,(H,15,17)(H,16,18). The minimum absolute atomic E-state index is 0.0386. The van der Waals surface area contributed by atoms with Crippen LogP contribution in [0.5, 0.6) is 0 Å². The number of pyridine rings is 1. The second kappa shape index (κ2) is 5.12. The Morgan fingerprint density at radius 2 is 2.28 bits per heavy atom. The summed E-state index contributed by atoms with van der Waals surface area (Å²) in [6.07, 6.45) is 4.19. The van der Waals surface area contributed by atoms with E-state index in [-0.39, 0.29) is 16.6 Å². The van der Waals surface area contributed by atoms with Gasteiger partial charge in [-0.25, -0.2) is 10.8 Å². The molecule has 1 aliphatic carbocycles. The molecule has 4 N–H and O–H groups in total. The Hall–Kier alpha value is -1.33. The van der Waals surface area contributed by atoms with Gasteiger partial charge in [-0.05, 0) is 37.8 Å². The van der Waals surface area contributed by atoms with Crippen molar-refractivity contribution in [1.82, 2.24) is 10.3 Å². The second-order valence-electron chi connectivity index (χ2n) is 4.65. The molecule has 5 nitrogen and oxygen atoms in total. The molecule has 0 radical (unpaired) electrons. The summed E-state index contributed by atoms with van der Waals surface area (Å²) in [5.74, 6) is 5.53. The van der Waals surface area contributed by atoms with Crippen LogP contribution in [0.3, 0.4) is 0 Å². The van der Waals surface area contributed by atoms with Gasteiger partial charge in [0.1, 0.15) is 11.0 Å². The summed E-state index contributed by atoms with van der Waals surface area (Å²) in [4.78, 5) is 16.1. The van der Waals surface area contributed by atoms with E-state index in [1.165, 1.54) is 6.42 Å². The molecule has 0 aliphatic heterocycles. The first kappa shape index (κ1) is 13.1. The first-order valence-corrected chi connectivity index (χ1v) is 6.43. The van der Waals surface area contributed by atoms with Gasteiger partial charge < -0.3 is 10.7 Å². The third-order valence-electron chi connectivity index (χ3n) is 3.57. The van der Waals surface area contributed by atoms with Crippen LogP contribution in [0.4, 0.5) is 5.82 Å².